The number of benzene rings is 3. The summed E-state index contributed by atoms with van der Waals surface area (Å²) in [5.74, 6) is 1.35. The van der Waals surface area contributed by atoms with Crippen LogP contribution in [0.3, 0.4) is 0 Å². The number of para-hydroxylation sites is 1. The Morgan fingerprint density at radius 3 is 2.80 bits per heavy atom. The average molecular weight is 551 g/mol. The molecule has 2 aromatic heterocycles. The normalized spacial score (nSPS) is 12.6. The summed E-state index contributed by atoms with van der Waals surface area (Å²) in [6.45, 7) is 4.04. The summed E-state index contributed by atoms with van der Waals surface area (Å²) < 4.78 is 14.1. The Bertz CT molecular complexity index is 1640. The van der Waals surface area contributed by atoms with E-state index in [1.54, 1.807) is 36.5 Å². The van der Waals surface area contributed by atoms with E-state index < -0.39 is 0 Å². The predicted molar refractivity (Wildman–Crippen MR) is 144 cm³/mol. The number of aromatic nitrogens is 2. The van der Waals surface area contributed by atoms with E-state index in [1.807, 2.05) is 50.2 Å². The van der Waals surface area contributed by atoms with Crippen LogP contribution in [0.2, 0.25) is 5.02 Å². The predicted octanol–water partition coefficient (Wildman–Crippen LogP) is 7.29. The van der Waals surface area contributed by atoms with Crippen molar-refractivity contribution in [3.05, 3.63) is 92.1 Å². The highest BCUT2D eigenvalue weighted by Gasteiger charge is 2.16. The summed E-state index contributed by atoms with van der Waals surface area (Å²) in [6.07, 6.45) is 2.50. The van der Waals surface area contributed by atoms with Crippen molar-refractivity contribution >= 4 is 55.6 Å². The largest absolute Gasteiger partial charge is 0.489 e. The van der Waals surface area contributed by atoms with Crippen molar-refractivity contribution in [2.24, 2.45) is 5.10 Å². The minimum absolute atomic E-state index is 0.0567. The second-order valence-electron chi connectivity index (χ2n) is 8.13. The molecule has 0 aliphatic carbocycles. The summed E-state index contributed by atoms with van der Waals surface area (Å²) in [7, 11) is 0. The second-order valence-corrected chi connectivity index (χ2v) is 9.46. The molecule has 0 N–H and O–H groups in total. The Kier molecular flexibility index (Phi) is 6.45. The average Bonchev–Trinajstić information content (AvgIpc) is 3.28. The smallest absolute Gasteiger partial charge is 0.282 e. The third kappa shape index (κ3) is 4.74. The van der Waals surface area contributed by atoms with Gasteiger partial charge in [0.15, 0.2) is 5.76 Å². The van der Waals surface area contributed by atoms with E-state index >= 15 is 0 Å². The maximum Gasteiger partial charge on any atom is 0.282 e. The van der Waals surface area contributed by atoms with Gasteiger partial charge in [0.05, 0.1) is 28.2 Å². The minimum atomic E-state index is -0.300. The maximum absolute atomic E-state index is 13.4. The lowest BCUT2D eigenvalue weighted by Crippen LogP contribution is -2.20. The first kappa shape index (κ1) is 23.3. The third-order valence-corrected chi connectivity index (χ3v) is 6.42. The second kappa shape index (κ2) is 9.68. The molecule has 176 valence electrons. The van der Waals surface area contributed by atoms with Gasteiger partial charge < -0.3 is 9.15 Å². The van der Waals surface area contributed by atoms with Crippen LogP contribution in [0.1, 0.15) is 25.8 Å². The van der Waals surface area contributed by atoms with Gasteiger partial charge in [0, 0.05) is 9.86 Å². The van der Waals surface area contributed by atoms with Gasteiger partial charge in [-0.2, -0.15) is 9.78 Å². The van der Waals surface area contributed by atoms with Gasteiger partial charge in [0.2, 0.25) is 5.82 Å². The van der Waals surface area contributed by atoms with Crippen LogP contribution in [0.4, 0.5) is 0 Å². The van der Waals surface area contributed by atoms with E-state index in [-0.39, 0.29) is 11.7 Å². The van der Waals surface area contributed by atoms with Gasteiger partial charge >= 0.3 is 0 Å². The van der Waals surface area contributed by atoms with Gasteiger partial charge in [-0.3, -0.25) is 4.79 Å². The van der Waals surface area contributed by atoms with Crippen molar-refractivity contribution in [1.82, 2.24) is 9.66 Å². The molecule has 3 aromatic carbocycles. The molecule has 6 nitrogen and oxygen atoms in total. The van der Waals surface area contributed by atoms with Gasteiger partial charge in [-0.1, -0.05) is 46.6 Å². The summed E-state index contributed by atoms with van der Waals surface area (Å²) in [5.41, 5.74) is 1.66. The number of rotatable bonds is 6. The van der Waals surface area contributed by atoms with Crippen molar-refractivity contribution in [3.63, 3.8) is 0 Å². The number of hydrogen-bond donors (Lipinski definition) is 0. The fraction of sp³-hybridized carbons (Fsp3) is 0.148. The van der Waals surface area contributed by atoms with Crippen LogP contribution in [-0.2, 0) is 0 Å². The molecule has 0 bridgehead atoms. The van der Waals surface area contributed by atoms with Crippen LogP contribution >= 0.6 is 27.5 Å². The van der Waals surface area contributed by atoms with E-state index in [9.17, 15) is 4.79 Å². The number of ether oxygens (including phenoxy) is 1. The van der Waals surface area contributed by atoms with Crippen molar-refractivity contribution < 1.29 is 9.15 Å². The van der Waals surface area contributed by atoms with Crippen LogP contribution in [-0.4, -0.2) is 22.0 Å². The molecule has 0 saturated heterocycles. The van der Waals surface area contributed by atoms with Crippen LogP contribution in [0, 0.1) is 0 Å². The highest BCUT2D eigenvalue weighted by Crippen LogP contribution is 2.30. The molecule has 2 heterocycles. The highest BCUT2D eigenvalue weighted by atomic mass is 79.9. The molecule has 35 heavy (non-hydrogen) atoms. The molecule has 5 aromatic rings. The van der Waals surface area contributed by atoms with Crippen LogP contribution in [0.25, 0.3) is 33.5 Å². The molecular weight excluding hydrogens is 530 g/mol. The van der Waals surface area contributed by atoms with Crippen molar-refractivity contribution in [2.75, 3.05) is 0 Å². The number of halogens is 2. The van der Waals surface area contributed by atoms with E-state index in [0.717, 1.165) is 16.3 Å². The quantitative estimate of drug-likeness (QED) is 0.208. The summed E-state index contributed by atoms with van der Waals surface area (Å²) in [5, 5.41) is 6.31. The zero-order chi connectivity index (χ0) is 24.5. The molecule has 0 aliphatic heterocycles. The standard InChI is InChI=1S/C27H21BrClN3O3/c1-3-16(2)34-24-10-8-17(12-21(24)29)15-30-32-26(31-22-7-5-4-6-20(22)27(32)33)25-14-18-13-19(28)9-11-23(18)35-25/h4-16H,3H2,1-2H3/t16-/m0/s1. The first-order valence-corrected chi connectivity index (χ1v) is 12.3. The molecule has 5 rings (SSSR count). The monoisotopic (exact) mass is 549 g/mol. The molecule has 0 saturated carbocycles. The number of nitrogens with zero attached hydrogens (tertiary/aromatic N) is 3. The molecule has 0 radical (unpaired) electrons. The van der Waals surface area contributed by atoms with E-state index in [1.165, 1.54) is 4.68 Å². The maximum atomic E-state index is 13.4. The Morgan fingerprint density at radius 1 is 1.17 bits per heavy atom. The Morgan fingerprint density at radius 2 is 2.00 bits per heavy atom. The molecular formula is C27H21BrClN3O3. The molecule has 8 heteroatoms. The lowest BCUT2D eigenvalue weighted by Gasteiger charge is -2.14. The fourth-order valence-electron chi connectivity index (χ4n) is 3.63. The van der Waals surface area contributed by atoms with Crippen LogP contribution in [0.15, 0.2) is 85.5 Å². The molecule has 0 amide bonds. The highest BCUT2D eigenvalue weighted by molar-refractivity contribution is 9.10. The summed E-state index contributed by atoms with van der Waals surface area (Å²) in [6, 6.07) is 20.1. The van der Waals surface area contributed by atoms with Crippen LogP contribution in [0.5, 0.6) is 5.75 Å². The molecule has 0 fully saturated rings. The van der Waals surface area contributed by atoms with Gasteiger partial charge in [0.1, 0.15) is 11.3 Å². The first-order valence-electron chi connectivity index (χ1n) is 11.1. The van der Waals surface area contributed by atoms with E-state index in [0.29, 0.717) is 44.4 Å². The zero-order valence-corrected chi connectivity index (χ0v) is 21.4. The van der Waals surface area contributed by atoms with Crippen molar-refractivity contribution in [2.45, 2.75) is 26.4 Å². The van der Waals surface area contributed by atoms with Gasteiger partial charge in [-0.15, -0.1) is 0 Å². The van der Waals surface area contributed by atoms with E-state index in [2.05, 4.69) is 21.0 Å². The Balaban J connectivity index is 1.61. The lowest BCUT2D eigenvalue weighted by atomic mass is 10.2. The fourth-order valence-corrected chi connectivity index (χ4v) is 4.24. The topological polar surface area (TPSA) is 69.6 Å². The molecule has 1 atom stereocenters. The Labute approximate surface area is 214 Å². The SMILES string of the molecule is CC[C@H](C)Oc1ccc(C=Nn2c(-c3cc4cc(Br)ccc4o3)nc3ccccc3c2=O)cc1Cl. The Hall–Kier alpha value is -3.42. The molecule has 0 unspecified atom stereocenters. The summed E-state index contributed by atoms with van der Waals surface area (Å²) >= 11 is 9.90. The number of hydrogen-bond acceptors (Lipinski definition) is 5. The lowest BCUT2D eigenvalue weighted by molar-refractivity contribution is 0.217. The van der Waals surface area contributed by atoms with Crippen molar-refractivity contribution in [1.29, 1.82) is 0 Å². The van der Waals surface area contributed by atoms with Gasteiger partial charge in [-0.05, 0) is 73.5 Å². The van der Waals surface area contributed by atoms with E-state index in [4.69, 9.17) is 25.7 Å². The zero-order valence-electron chi connectivity index (χ0n) is 19.0. The van der Waals surface area contributed by atoms with Crippen LogP contribution < -0.4 is 10.3 Å². The third-order valence-electron chi connectivity index (χ3n) is 5.63. The van der Waals surface area contributed by atoms with Crippen molar-refractivity contribution in [3.8, 4) is 17.3 Å². The van der Waals surface area contributed by atoms with Gasteiger partial charge in [0.25, 0.3) is 5.56 Å². The summed E-state index contributed by atoms with van der Waals surface area (Å²) in [4.78, 5) is 18.1. The molecule has 0 spiro atoms. The first-order chi connectivity index (χ1) is 16.9. The molecule has 0 aliphatic rings. The van der Waals surface area contributed by atoms with Gasteiger partial charge in [-0.25, -0.2) is 4.98 Å². The number of fused-ring (bicyclic) bond motifs is 2. The number of furan rings is 1. The minimum Gasteiger partial charge on any atom is -0.489 e.